The summed E-state index contributed by atoms with van der Waals surface area (Å²) in [5.41, 5.74) is 2.89. The number of halogens is 1. The summed E-state index contributed by atoms with van der Waals surface area (Å²) in [6.07, 6.45) is 2.34. The largest absolute Gasteiger partial charge is 0.482 e. The first-order chi connectivity index (χ1) is 15.7. The van der Waals surface area contributed by atoms with Gasteiger partial charge in [0.1, 0.15) is 5.75 Å². The quantitative estimate of drug-likeness (QED) is 0.234. The number of amides is 2. The van der Waals surface area contributed by atoms with Crippen molar-refractivity contribution in [1.29, 1.82) is 0 Å². The monoisotopic (exact) mass is 563 g/mol. The zero-order chi connectivity index (χ0) is 22.3. The zero-order valence-corrected chi connectivity index (χ0v) is 21.1. The Hall–Kier alpha value is -2.82. The minimum atomic E-state index is -0.0229. The van der Waals surface area contributed by atoms with Crippen LogP contribution in [-0.4, -0.2) is 51.1 Å². The van der Waals surface area contributed by atoms with Crippen LogP contribution < -0.4 is 25.2 Å². The zero-order valence-electron chi connectivity index (χ0n) is 18.8. The lowest BCUT2D eigenvalue weighted by Crippen LogP contribution is -2.41. The maximum absolute atomic E-state index is 12.2. The lowest BCUT2D eigenvalue weighted by Gasteiger charge is -2.29. The molecule has 0 aromatic heterocycles. The van der Waals surface area contributed by atoms with Crippen LogP contribution in [0.4, 0.5) is 11.4 Å². The average Bonchev–Trinajstić information content (AvgIpc) is 3.26. The van der Waals surface area contributed by atoms with Crippen molar-refractivity contribution in [2.75, 3.05) is 43.1 Å². The molecule has 2 aliphatic heterocycles. The lowest BCUT2D eigenvalue weighted by atomic mass is 10.2. The van der Waals surface area contributed by atoms with Crippen LogP contribution in [0.5, 0.6) is 5.75 Å². The number of aliphatic imine (C=N–C) groups is 1. The van der Waals surface area contributed by atoms with Gasteiger partial charge in [-0.1, -0.05) is 24.3 Å². The SMILES string of the molecule is CN=C(NCCCN1C(=O)COc2ccccc21)NCc1ccc(N2CCCC2=O)cc1.I. The summed E-state index contributed by atoms with van der Waals surface area (Å²) in [5, 5.41) is 6.60. The number of nitrogens with one attached hydrogen (secondary N) is 2. The molecule has 2 aliphatic rings. The van der Waals surface area contributed by atoms with E-state index in [0.29, 0.717) is 32.0 Å². The number of rotatable bonds is 7. The van der Waals surface area contributed by atoms with Crippen LogP contribution in [0.3, 0.4) is 0 Å². The predicted molar refractivity (Wildman–Crippen MR) is 141 cm³/mol. The van der Waals surface area contributed by atoms with E-state index in [9.17, 15) is 9.59 Å². The van der Waals surface area contributed by atoms with Crippen molar-refractivity contribution in [2.45, 2.75) is 25.8 Å². The second-order valence-electron chi connectivity index (χ2n) is 7.82. The molecule has 2 aromatic carbocycles. The highest BCUT2D eigenvalue weighted by molar-refractivity contribution is 14.0. The van der Waals surface area contributed by atoms with Crippen molar-refractivity contribution >= 4 is 53.1 Å². The standard InChI is InChI=1S/C24H29N5O3.HI/c1-25-24(27-16-18-9-11-19(12-10-18)28-14-4-8-22(28)30)26-13-5-15-29-20-6-2-3-7-21(20)32-17-23(29)31;/h2-3,6-7,9-12H,4-5,8,13-17H2,1H3,(H2,25,26,27);1H. The van der Waals surface area contributed by atoms with Gasteiger partial charge in [0.05, 0.1) is 5.69 Å². The van der Waals surface area contributed by atoms with E-state index in [4.69, 9.17) is 4.74 Å². The fourth-order valence-corrected chi connectivity index (χ4v) is 3.96. The van der Waals surface area contributed by atoms with E-state index in [2.05, 4.69) is 15.6 Å². The summed E-state index contributed by atoms with van der Waals surface area (Å²) in [6.45, 7) is 2.80. The van der Waals surface area contributed by atoms with Crippen LogP contribution in [-0.2, 0) is 16.1 Å². The van der Waals surface area contributed by atoms with Gasteiger partial charge in [-0.05, 0) is 42.7 Å². The van der Waals surface area contributed by atoms with Crippen LogP contribution in [0.1, 0.15) is 24.8 Å². The molecule has 0 unspecified atom stereocenters. The molecule has 0 saturated carbocycles. The Balaban J connectivity index is 0.00000306. The van der Waals surface area contributed by atoms with Gasteiger partial charge in [0.25, 0.3) is 5.91 Å². The Morgan fingerprint density at radius 1 is 1.06 bits per heavy atom. The number of carbonyl (C=O) groups is 2. The third kappa shape index (κ3) is 6.16. The lowest BCUT2D eigenvalue weighted by molar-refractivity contribution is -0.121. The van der Waals surface area contributed by atoms with E-state index < -0.39 is 0 Å². The first-order valence-electron chi connectivity index (χ1n) is 11.0. The highest BCUT2D eigenvalue weighted by atomic mass is 127. The van der Waals surface area contributed by atoms with Crippen LogP contribution in [0.25, 0.3) is 0 Å². The summed E-state index contributed by atoms with van der Waals surface area (Å²) in [6, 6.07) is 15.7. The number of benzene rings is 2. The Bertz CT molecular complexity index is 996. The van der Waals surface area contributed by atoms with E-state index >= 15 is 0 Å². The van der Waals surface area contributed by atoms with Gasteiger partial charge in [-0.25, -0.2) is 0 Å². The number of carbonyl (C=O) groups excluding carboxylic acids is 2. The molecule has 9 heteroatoms. The minimum Gasteiger partial charge on any atom is -0.482 e. The minimum absolute atomic E-state index is 0. The normalized spacial score (nSPS) is 15.6. The maximum atomic E-state index is 12.2. The van der Waals surface area contributed by atoms with Crippen molar-refractivity contribution in [3.8, 4) is 5.75 Å². The maximum Gasteiger partial charge on any atom is 0.265 e. The van der Waals surface area contributed by atoms with Gasteiger partial charge in [0, 0.05) is 45.3 Å². The molecule has 0 atom stereocenters. The molecule has 4 rings (SSSR count). The Labute approximate surface area is 211 Å². The molecular formula is C24H30IN5O3. The van der Waals surface area contributed by atoms with Crippen LogP contribution in [0.15, 0.2) is 53.5 Å². The molecule has 33 heavy (non-hydrogen) atoms. The molecule has 2 amide bonds. The molecule has 0 bridgehead atoms. The Morgan fingerprint density at radius 2 is 1.85 bits per heavy atom. The fourth-order valence-electron chi connectivity index (χ4n) is 3.96. The van der Waals surface area contributed by atoms with E-state index in [1.165, 1.54) is 0 Å². The summed E-state index contributed by atoms with van der Waals surface area (Å²) in [4.78, 5) is 32.0. The van der Waals surface area contributed by atoms with Crippen LogP contribution in [0.2, 0.25) is 0 Å². The van der Waals surface area contributed by atoms with Gasteiger partial charge in [0.2, 0.25) is 5.91 Å². The number of fused-ring (bicyclic) bond motifs is 1. The summed E-state index contributed by atoms with van der Waals surface area (Å²) in [5.74, 6) is 1.63. The molecule has 2 aromatic rings. The van der Waals surface area contributed by atoms with E-state index in [1.54, 1.807) is 11.9 Å². The predicted octanol–water partition coefficient (Wildman–Crippen LogP) is 2.91. The topological polar surface area (TPSA) is 86.3 Å². The molecule has 0 radical (unpaired) electrons. The highest BCUT2D eigenvalue weighted by Crippen LogP contribution is 2.31. The van der Waals surface area contributed by atoms with Gasteiger partial charge < -0.3 is 25.2 Å². The highest BCUT2D eigenvalue weighted by Gasteiger charge is 2.24. The molecule has 1 fully saturated rings. The average molecular weight is 563 g/mol. The summed E-state index contributed by atoms with van der Waals surface area (Å²) >= 11 is 0. The molecule has 0 aliphatic carbocycles. The second-order valence-corrected chi connectivity index (χ2v) is 7.82. The molecule has 176 valence electrons. The van der Waals surface area contributed by atoms with Crippen molar-refractivity contribution in [1.82, 2.24) is 10.6 Å². The van der Waals surface area contributed by atoms with Gasteiger partial charge in [-0.3, -0.25) is 14.6 Å². The molecule has 8 nitrogen and oxygen atoms in total. The van der Waals surface area contributed by atoms with Crippen LogP contribution >= 0.6 is 24.0 Å². The Kier molecular flexibility index (Phi) is 8.93. The first-order valence-corrected chi connectivity index (χ1v) is 11.0. The number of hydrogen-bond donors (Lipinski definition) is 2. The number of hydrogen-bond acceptors (Lipinski definition) is 4. The van der Waals surface area contributed by atoms with E-state index in [1.807, 2.05) is 53.4 Å². The number of anilines is 2. The number of nitrogens with zero attached hydrogens (tertiary/aromatic N) is 3. The van der Waals surface area contributed by atoms with Crippen molar-refractivity contribution in [3.05, 3.63) is 54.1 Å². The van der Waals surface area contributed by atoms with Crippen LogP contribution in [0, 0.1) is 0 Å². The smallest absolute Gasteiger partial charge is 0.265 e. The van der Waals surface area contributed by atoms with Crippen molar-refractivity contribution in [3.63, 3.8) is 0 Å². The molecule has 0 spiro atoms. The van der Waals surface area contributed by atoms with Crippen molar-refractivity contribution < 1.29 is 14.3 Å². The first kappa shape index (κ1) is 24.8. The van der Waals surface area contributed by atoms with Gasteiger partial charge in [-0.15, -0.1) is 24.0 Å². The summed E-state index contributed by atoms with van der Waals surface area (Å²) in [7, 11) is 1.74. The Morgan fingerprint density at radius 3 is 2.58 bits per heavy atom. The van der Waals surface area contributed by atoms with Gasteiger partial charge in [-0.2, -0.15) is 0 Å². The summed E-state index contributed by atoms with van der Waals surface area (Å²) < 4.78 is 5.49. The number of ether oxygens (including phenoxy) is 1. The number of guanidine groups is 1. The van der Waals surface area contributed by atoms with E-state index in [0.717, 1.165) is 42.1 Å². The third-order valence-corrected chi connectivity index (χ3v) is 5.66. The number of para-hydroxylation sites is 2. The van der Waals surface area contributed by atoms with E-state index in [-0.39, 0.29) is 42.4 Å². The third-order valence-electron chi connectivity index (χ3n) is 5.66. The molecule has 1 saturated heterocycles. The van der Waals surface area contributed by atoms with Gasteiger partial charge in [0.15, 0.2) is 12.6 Å². The second kappa shape index (κ2) is 11.9. The van der Waals surface area contributed by atoms with Gasteiger partial charge >= 0.3 is 0 Å². The molecule has 2 N–H and O–H groups in total. The van der Waals surface area contributed by atoms with Crippen molar-refractivity contribution in [2.24, 2.45) is 4.99 Å². The fraction of sp³-hybridized carbons (Fsp3) is 0.375. The molecular weight excluding hydrogens is 533 g/mol. The molecule has 2 heterocycles.